The first-order valence-electron chi connectivity index (χ1n) is 32.8. The Hall–Kier alpha value is -2.11. The molecule has 4 atom stereocenters. The molecular formula is C66H130N2O8. The lowest BCUT2D eigenvalue weighted by Crippen LogP contribution is -2.45. The van der Waals surface area contributed by atoms with Crippen molar-refractivity contribution >= 4 is 17.8 Å². The van der Waals surface area contributed by atoms with Crippen LogP contribution in [0.1, 0.15) is 343 Å². The molecule has 0 aliphatic rings. The highest BCUT2D eigenvalue weighted by Crippen LogP contribution is 2.16. The average molecular weight is 1080 g/mol. The molecule has 0 saturated heterocycles. The van der Waals surface area contributed by atoms with Crippen LogP contribution in [-0.2, 0) is 19.1 Å². The van der Waals surface area contributed by atoms with E-state index in [4.69, 9.17) is 15.6 Å². The zero-order valence-electron chi connectivity index (χ0n) is 51.0. The van der Waals surface area contributed by atoms with Crippen LogP contribution in [0.4, 0.5) is 0 Å². The number of rotatable bonds is 55. The van der Waals surface area contributed by atoms with Gasteiger partial charge >= 0.3 is 11.9 Å². The molecule has 0 aliphatic carbocycles. The second kappa shape index (κ2) is 67.2. The van der Waals surface area contributed by atoms with Gasteiger partial charge in [0.1, 0.15) is 0 Å². The first kappa shape index (κ1) is 78.1. The van der Waals surface area contributed by atoms with Gasteiger partial charge in [-0.3, -0.25) is 14.4 Å². The molecule has 0 heterocycles. The Morgan fingerprint density at radius 3 is 0.934 bits per heavy atom. The van der Waals surface area contributed by atoms with Crippen LogP contribution in [0.15, 0.2) is 24.3 Å². The number of ether oxygens (including phenoxy) is 1. The van der Waals surface area contributed by atoms with E-state index < -0.39 is 24.3 Å². The minimum atomic E-state index is -0.828. The van der Waals surface area contributed by atoms with Gasteiger partial charge in [0.25, 0.3) is 0 Å². The van der Waals surface area contributed by atoms with Crippen molar-refractivity contribution in [3.05, 3.63) is 24.3 Å². The number of unbranched alkanes of at least 4 members (excludes halogenated alkanes) is 40. The van der Waals surface area contributed by atoms with E-state index in [2.05, 4.69) is 39.9 Å². The van der Waals surface area contributed by atoms with Crippen LogP contribution < -0.4 is 11.1 Å². The first-order chi connectivity index (χ1) is 37.1. The molecule has 0 aromatic rings. The fraction of sp³-hybridized carbons (Fsp3) is 0.894. The fourth-order valence-corrected chi connectivity index (χ4v) is 9.15. The second-order valence-electron chi connectivity index (χ2n) is 22.1. The number of hydrogen-bond acceptors (Lipinski definition) is 9. The lowest BCUT2D eigenvalue weighted by Gasteiger charge is -2.20. The van der Waals surface area contributed by atoms with Crippen molar-refractivity contribution in [1.29, 1.82) is 0 Å². The molecule has 10 nitrogen and oxygen atoms in total. The van der Waals surface area contributed by atoms with Crippen molar-refractivity contribution in [3.63, 3.8) is 0 Å². The fourth-order valence-electron chi connectivity index (χ4n) is 9.15. The molecule has 0 saturated carbocycles. The third-order valence-electron chi connectivity index (χ3n) is 14.4. The maximum Gasteiger partial charge on any atom is 0.313 e. The van der Waals surface area contributed by atoms with Gasteiger partial charge in [-0.2, -0.15) is 0 Å². The Morgan fingerprint density at radius 1 is 0.382 bits per heavy atom. The smallest absolute Gasteiger partial charge is 0.313 e. The summed E-state index contributed by atoms with van der Waals surface area (Å²) < 4.78 is 4.86. The summed E-state index contributed by atoms with van der Waals surface area (Å²) in [5.74, 6) is -0.756. The molecule has 10 heteroatoms. The molecule has 0 aromatic carbocycles. The molecule has 0 unspecified atom stereocenters. The van der Waals surface area contributed by atoms with Gasteiger partial charge in [-0.05, 0) is 44.9 Å². The van der Waals surface area contributed by atoms with Crippen LogP contribution >= 0.6 is 0 Å². The molecule has 7 N–H and O–H groups in total. The summed E-state index contributed by atoms with van der Waals surface area (Å²) in [5, 5.41) is 40.9. The Bertz CT molecular complexity index is 1200. The zero-order chi connectivity index (χ0) is 56.6. The van der Waals surface area contributed by atoms with Gasteiger partial charge in [-0.25, -0.2) is 0 Å². The van der Waals surface area contributed by atoms with Crippen molar-refractivity contribution in [1.82, 2.24) is 5.32 Å². The van der Waals surface area contributed by atoms with E-state index in [9.17, 15) is 29.7 Å². The summed E-state index contributed by atoms with van der Waals surface area (Å²) in [6, 6.07) is -1.17. The third kappa shape index (κ3) is 64.4. The zero-order valence-corrected chi connectivity index (χ0v) is 51.0. The number of nitrogens with one attached hydrogen (secondary N) is 1. The summed E-state index contributed by atoms with van der Waals surface area (Å²) in [5.41, 5.74) is 5.51. The van der Waals surface area contributed by atoms with Crippen molar-refractivity contribution < 1.29 is 39.5 Å². The summed E-state index contributed by atoms with van der Waals surface area (Å²) in [7, 11) is 0. The van der Waals surface area contributed by atoms with Crippen molar-refractivity contribution in [2.24, 2.45) is 5.73 Å². The highest BCUT2D eigenvalue weighted by atomic mass is 16.6. The largest absolute Gasteiger partial charge is 0.395 e. The second-order valence-corrected chi connectivity index (χ2v) is 22.1. The Morgan fingerprint density at radius 2 is 0.645 bits per heavy atom. The molecule has 0 bridgehead atoms. The van der Waals surface area contributed by atoms with E-state index in [1.165, 1.54) is 231 Å². The molecule has 0 aromatic heterocycles. The van der Waals surface area contributed by atoms with Crippen LogP contribution in [0.3, 0.4) is 0 Å². The average Bonchev–Trinajstić information content (AvgIpc) is 3.41. The van der Waals surface area contributed by atoms with Crippen LogP contribution in [-0.4, -0.2) is 75.8 Å². The Kier molecular flexibility index (Phi) is 69.0. The molecule has 0 aliphatic heterocycles. The lowest BCUT2D eigenvalue weighted by molar-refractivity contribution is -0.159. The molecule has 0 rings (SSSR count). The van der Waals surface area contributed by atoms with Crippen molar-refractivity contribution in [2.75, 3.05) is 13.2 Å². The van der Waals surface area contributed by atoms with Gasteiger partial charge in [0.2, 0.25) is 5.91 Å². The van der Waals surface area contributed by atoms with Crippen LogP contribution in [0.5, 0.6) is 0 Å². The lowest BCUT2D eigenvalue weighted by atomic mass is 10.0. The number of carbonyl (C=O) groups is 3. The number of hydrogen-bond donors (Lipinski definition) is 6. The molecule has 1 amide bonds. The number of esters is 2. The standard InChI is InChI=1S/C28H55NO3.C20H38O3.C18H37NO2/c1-3-5-7-9-11-12-13-14-15-16-18-19-21-23-27(31)26(25-30)29-28(32)24-22-20-17-10-8-6-4-2;1-3-5-7-9-11-13-15-17-19(21)23-20(22)18-16-14-12-10-8-6-4-2;1-2-3-4-5-6-7-8-9-10-11-12-13-14-15-18(21)17(19)16-20/h21,23,26-27,30-31H,3-20,22,24-25H2,1-2H3,(H,29,32);3-18H2,1-2H3;14-15,17-18,20-21H,2-13,16,19H2,1H3/b23-21+;;15-14+/t26-,27+;;17-,18+/m0.0/s1. The highest BCUT2D eigenvalue weighted by Gasteiger charge is 2.18. The number of carbonyl (C=O) groups excluding carboxylic acids is 3. The molecule has 0 fully saturated rings. The number of amides is 1. The van der Waals surface area contributed by atoms with Gasteiger partial charge < -0.3 is 36.2 Å². The monoisotopic (exact) mass is 1080 g/mol. The van der Waals surface area contributed by atoms with E-state index in [0.29, 0.717) is 19.3 Å². The van der Waals surface area contributed by atoms with Gasteiger partial charge in [0.05, 0.1) is 37.5 Å². The van der Waals surface area contributed by atoms with Gasteiger partial charge in [-0.1, -0.05) is 303 Å². The van der Waals surface area contributed by atoms with E-state index in [1.54, 1.807) is 12.2 Å². The van der Waals surface area contributed by atoms with Gasteiger partial charge in [-0.15, -0.1) is 0 Å². The van der Waals surface area contributed by atoms with Crippen molar-refractivity contribution in [2.45, 2.75) is 367 Å². The summed E-state index contributed by atoms with van der Waals surface area (Å²) in [6.07, 6.45) is 63.1. The van der Waals surface area contributed by atoms with E-state index in [1.807, 2.05) is 12.2 Å². The Labute approximate surface area is 471 Å². The normalized spacial score (nSPS) is 13.0. The van der Waals surface area contributed by atoms with Crippen LogP contribution in [0.2, 0.25) is 0 Å². The first-order valence-corrected chi connectivity index (χ1v) is 32.8. The Balaban J connectivity index is -0.00000108. The highest BCUT2D eigenvalue weighted by molar-refractivity contribution is 5.85. The minimum Gasteiger partial charge on any atom is -0.395 e. The SMILES string of the molecule is CCCCCCCCCC(=O)OC(=O)CCCCCCCCC.CCCCCCCCCCCCC/C=C/[C@@H](O)[C@@H](N)CO.CCCCCCCCCCCCC/C=C/[C@@H](O)[C@H](CO)NC(=O)CCCCCCCCC. The number of aliphatic hydroxyl groups is 4. The van der Waals surface area contributed by atoms with Gasteiger partial charge in [0.15, 0.2) is 0 Å². The van der Waals surface area contributed by atoms with E-state index in [0.717, 1.165) is 57.8 Å². The minimum absolute atomic E-state index is 0.0737. The number of allylic oxidation sites excluding steroid dienone is 2. The summed E-state index contributed by atoms with van der Waals surface area (Å²) in [4.78, 5) is 35.2. The topological polar surface area (TPSA) is 179 Å². The quantitative estimate of drug-likeness (QED) is 0.0150. The molecule has 452 valence electrons. The van der Waals surface area contributed by atoms with Crippen molar-refractivity contribution in [3.8, 4) is 0 Å². The summed E-state index contributed by atoms with van der Waals surface area (Å²) in [6.45, 7) is 10.7. The molecular weight excluding hydrogens is 949 g/mol. The maximum atomic E-state index is 12.1. The van der Waals surface area contributed by atoms with E-state index >= 15 is 0 Å². The maximum absolute atomic E-state index is 12.1. The predicted molar refractivity (Wildman–Crippen MR) is 325 cm³/mol. The van der Waals surface area contributed by atoms with E-state index in [-0.39, 0.29) is 31.1 Å². The molecule has 76 heavy (non-hydrogen) atoms. The van der Waals surface area contributed by atoms with Gasteiger partial charge in [0, 0.05) is 19.3 Å². The number of nitrogens with two attached hydrogens (primary N) is 1. The number of aliphatic hydroxyl groups excluding tert-OH is 4. The van der Waals surface area contributed by atoms with Crippen LogP contribution in [0, 0.1) is 0 Å². The molecule has 0 spiro atoms. The molecule has 0 radical (unpaired) electrons. The van der Waals surface area contributed by atoms with Crippen LogP contribution in [0.25, 0.3) is 0 Å². The predicted octanol–water partition coefficient (Wildman–Crippen LogP) is 17.5. The summed E-state index contributed by atoms with van der Waals surface area (Å²) >= 11 is 0. The third-order valence-corrected chi connectivity index (χ3v) is 14.4.